The predicted molar refractivity (Wildman–Crippen MR) is 92.2 cm³/mol. The number of furan rings is 1. The van der Waals surface area contributed by atoms with Crippen LogP contribution in [0.5, 0.6) is 0 Å². The summed E-state index contributed by atoms with van der Waals surface area (Å²) in [6, 6.07) is 8.20. The maximum absolute atomic E-state index is 12.7. The molecule has 25 heavy (non-hydrogen) atoms. The van der Waals surface area contributed by atoms with Gasteiger partial charge in [-0.15, -0.1) is 0 Å². The molecule has 1 atom stereocenters. The van der Waals surface area contributed by atoms with Crippen molar-refractivity contribution < 1.29 is 13.9 Å². The van der Waals surface area contributed by atoms with Gasteiger partial charge in [-0.2, -0.15) is 0 Å². The SMILES string of the molecule is O=C(c1cncnc1)N1CCOCC(Cc2ccc3ccoc3c2)C1. The zero-order valence-corrected chi connectivity index (χ0v) is 13.8. The van der Waals surface area contributed by atoms with Gasteiger partial charge >= 0.3 is 0 Å². The summed E-state index contributed by atoms with van der Waals surface area (Å²) in [4.78, 5) is 22.4. The second-order valence-corrected chi connectivity index (χ2v) is 6.32. The molecular weight excluding hydrogens is 318 g/mol. The Balaban J connectivity index is 1.48. The molecule has 1 aromatic carbocycles. The van der Waals surface area contributed by atoms with Gasteiger partial charge in [0.2, 0.25) is 0 Å². The van der Waals surface area contributed by atoms with Crippen LogP contribution in [-0.2, 0) is 11.2 Å². The highest BCUT2D eigenvalue weighted by Gasteiger charge is 2.24. The Morgan fingerprint density at radius 1 is 1.24 bits per heavy atom. The number of benzene rings is 1. The summed E-state index contributed by atoms with van der Waals surface area (Å²) in [7, 11) is 0. The van der Waals surface area contributed by atoms with Gasteiger partial charge in [0.1, 0.15) is 11.9 Å². The van der Waals surface area contributed by atoms with Gasteiger partial charge in [-0.1, -0.05) is 12.1 Å². The third kappa shape index (κ3) is 3.53. The van der Waals surface area contributed by atoms with E-state index in [-0.39, 0.29) is 11.8 Å². The minimum Gasteiger partial charge on any atom is -0.464 e. The lowest BCUT2D eigenvalue weighted by atomic mass is 9.98. The van der Waals surface area contributed by atoms with Gasteiger partial charge < -0.3 is 14.1 Å². The van der Waals surface area contributed by atoms with E-state index in [2.05, 4.69) is 28.2 Å². The number of aromatic nitrogens is 2. The molecule has 1 amide bonds. The first-order valence-electron chi connectivity index (χ1n) is 8.38. The Bertz CT molecular complexity index is 862. The molecule has 2 aromatic heterocycles. The number of amides is 1. The first-order valence-corrected chi connectivity index (χ1v) is 8.38. The fourth-order valence-electron chi connectivity index (χ4n) is 3.24. The zero-order valence-electron chi connectivity index (χ0n) is 13.8. The average Bonchev–Trinajstić information content (AvgIpc) is 2.99. The Kier molecular flexibility index (Phi) is 4.43. The number of hydrogen-bond donors (Lipinski definition) is 0. The molecule has 128 valence electrons. The van der Waals surface area contributed by atoms with Crippen LogP contribution in [0.15, 0.2) is 53.7 Å². The van der Waals surface area contributed by atoms with E-state index >= 15 is 0 Å². The molecule has 1 fully saturated rings. The highest BCUT2D eigenvalue weighted by atomic mass is 16.5. The molecule has 0 radical (unpaired) electrons. The van der Waals surface area contributed by atoms with Crippen LogP contribution in [0.25, 0.3) is 11.0 Å². The summed E-state index contributed by atoms with van der Waals surface area (Å²) < 4.78 is 11.2. The summed E-state index contributed by atoms with van der Waals surface area (Å²) >= 11 is 0. The topological polar surface area (TPSA) is 68.5 Å². The molecular formula is C19H19N3O3. The number of hydrogen-bond acceptors (Lipinski definition) is 5. The third-order valence-corrected chi connectivity index (χ3v) is 4.48. The Labute approximate surface area is 145 Å². The molecule has 3 heterocycles. The van der Waals surface area contributed by atoms with E-state index in [1.54, 1.807) is 18.7 Å². The van der Waals surface area contributed by atoms with Crippen LogP contribution >= 0.6 is 0 Å². The van der Waals surface area contributed by atoms with Gasteiger partial charge in [-0.3, -0.25) is 4.79 Å². The molecule has 6 heteroatoms. The number of fused-ring (bicyclic) bond motifs is 1. The smallest absolute Gasteiger partial charge is 0.257 e. The lowest BCUT2D eigenvalue weighted by Crippen LogP contribution is -2.36. The Hall–Kier alpha value is -2.73. The molecule has 3 aromatic rings. The number of ether oxygens (including phenoxy) is 1. The molecule has 0 bridgehead atoms. The number of nitrogens with zero attached hydrogens (tertiary/aromatic N) is 3. The Morgan fingerprint density at radius 3 is 3.00 bits per heavy atom. The lowest BCUT2D eigenvalue weighted by molar-refractivity contribution is 0.0736. The number of carbonyl (C=O) groups is 1. The standard InChI is InChI=1S/C19H19N3O3/c23-19(17-9-20-13-21-10-17)22-4-6-24-12-15(11-22)7-14-1-2-16-3-5-25-18(16)8-14/h1-3,5,8-10,13,15H,4,6-7,11-12H2. The molecule has 1 unspecified atom stereocenters. The van der Waals surface area contributed by atoms with Gasteiger partial charge in [0, 0.05) is 36.8 Å². The minimum atomic E-state index is -0.0439. The number of carbonyl (C=O) groups excluding carboxylic acids is 1. The maximum atomic E-state index is 12.7. The predicted octanol–water partition coefficient (Wildman–Crippen LogP) is 2.55. The van der Waals surface area contributed by atoms with Crippen LogP contribution in [0.2, 0.25) is 0 Å². The zero-order chi connectivity index (χ0) is 17.1. The largest absolute Gasteiger partial charge is 0.464 e. The van der Waals surface area contributed by atoms with Crippen molar-refractivity contribution in [1.29, 1.82) is 0 Å². The van der Waals surface area contributed by atoms with Crippen molar-refractivity contribution in [2.24, 2.45) is 5.92 Å². The van der Waals surface area contributed by atoms with Gasteiger partial charge in [0.25, 0.3) is 5.91 Å². The highest BCUT2D eigenvalue weighted by molar-refractivity contribution is 5.93. The molecule has 0 aliphatic carbocycles. The fourth-order valence-corrected chi connectivity index (χ4v) is 3.24. The van der Waals surface area contributed by atoms with E-state index in [0.717, 1.165) is 17.4 Å². The first-order chi connectivity index (χ1) is 12.3. The average molecular weight is 337 g/mol. The van der Waals surface area contributed by atoms with Crippen LogP contribution in [-0.4, -0.2) is 47.1 Å². The van der Waals surface area contributed by atoms with Crippen LogP contribution in [0.3, 0.4) is 0 Å². The first kappa shape index (κ1) is 15.8. The van der Waals surface area contributed by atoms with Crippen molar-refractivity contribution in [3.05, 3.63) is 60.4 Å². The van der Waals surface area contributed by atoms with Crippen LogP contribution in [0.4, 0.5) is 0 Å². The van der Waals surface area contributed by atoms with E-state index in [9.17, 15) is 4.79 Å². The van der Waals surface area contributed by atoms with Gasteiger partial charge in [0.05, 0.1) is 25.0 Å². The molecule has 1 aliphatic rings. The van der Waals surface area contributed by atoms with Crippen molar-refractivity contribution in [3.63, 3.8) is 0 Å². The van der Waals surface area contributed by atoms with Gasteiger partial charge in [-0.25, -0.2) is 9.97 Å². The van der Waals surface area contributed by atoms with Crippen molar-refractivity contribution in [2.75, 3.05) is 26.3 Å². The molecule has 0 saturated carbocycles. The van der Waals surface area contributed by atoms with Crippen LogP contribution < -0.4 is 0 Å². The van der Waals surface area contributed by atoms with Crippen molar-refractivity contribution in [2.45, 2.75) is 6.42 Å². The van der Waals surface area contributed by atoms with E-state index in [0.29, 0.717) is 31.9 Å². The van der Waals surface area contributed by atoms with Crippen molar-refractivity contribution in [1.82, 2.24) is 14.9 Å². The maximum Gasteiger partial charge on any atom is 0.257 e. The molecule has 0 N–H and O–H groups in total. The van der Waals surface area contributed by atoms with Crippen LogP contribution in [0, 0.1) is 5.92 Å². The molecule has 0 spiro atoms. The molecule has 4 rings (SSSR count). The monoisotopic (exact) mass is 337 g/mol. The second-order valence-electron chi connectivity index (χ2n) is 6.32. The van der Waals surface area contributed by atoms with E-state index in [1.807, 2.05) is 11.0 Å². The molecule has 1 aliphatic heterocycles. The quantitative estimate of drug-likeness (QED) is 0.735. The van der Waals surface area contributed by atoms with Gasteiger partial charge in [0.15, 0.2) is 0 Å². The molecule has 6 nitrogen and oxygen atoms in total. The summed E-state index contributed by atoms with van der Waals surface area (Å²) in [5, 5.41) is 1.10. The summed E-state index contributed by atoms with van der Waals surface area (Å²) in [5.41, 5.74) is 2.59. The minimum absolute atomic E-state index is 0.0439. The summed E-state index contributed by atoms with van der Waals surface area (Å²) in [6.07, 6.45) is 7.08. The Morgan fingerprint density at radius 2 is 2.12 bits per heavy atom. The normalized spacial score (nSPS) is 18.2. The molecule has 1 saturated heterocycles. The number of rotatable bonds is 3. The third-order valence-electron chi connectivity index (χ3n) is 4.48. The van der Waals surface area contributed by atoms with E-state index < -0.39 is 0 Å². The highest BCUT2D eigenvalue weighted by Crippen LogP contribution is 2.21. The van der Waals surface area contributed by atoms with Crippen molar-refractivity contribution in [3.8, 4) is 0 Å². The lowest BCUT2D eigenvalue weighted by Gasteiger charge is -2.23. The van der Waals surface area contributed by atoms with E-state index in [4.69, 9.17) is 9.15 Å². The van der Waals surface area contributed by atoms with Crippen molar-refractivity contribution >= 4 is 16.9 Å². The summed E-state index contributed by atoms with van der Waals surface area (Å²) in [5.74, 6) is 0.195. The summed E-state index contributed by atoms with van der Waals surface area (Å²) in [6.45, 7) is 2.43. The van der Waals surface area contributed by atoms with Gasteiger partial charge in [-0.05, 0) is 24.1 Å². The second kappa shape index (κ2) is 7.03. The fraction of sp³-hybridized carbons (Fsp3) is 0.316. The van der Waals surface area contributed by atoms with Crippen LogP contribution in [0.1, 0.15) is 15.9 Å². The van der Waals surface area contributed by atoms with E-state index in [1.165, 1.54) is 11.9 Å².